The molecule has 2 N–H and O–H groups in total. The molecule has 1 saturated heterocycles. The number of hydrogen-bond acceptors (Lipinski definition) is 3. The van der Waals surface area contributed by atoms with E-state index in [9.17, 15) is 4.55 Å². The second kappa shape index (κ2) is 6.31. The molecule has 0 saturated carbocycles. The molecule has 0 bridgehead atoms. The fraction of sp³-hybridized carbons (Fsp3) is 0.286. The summed E-state index contributed by atoms with van der Waals surface area (Å²) in [5.41, 5.74) is 1.60. The minimum atomic E-state index is -1.05. The second-order valence-electron chi connectivity index (χ2n) is 6.94. The molecule has 3 atom stereocenters. The Morgan fingerprint density at radius 2 is 1.92 bits per heavy atom. The summed E-state index contributed by atoms with van der Waals surface area (Å²) in [6.45, 7) is 5.73. The number of amidine groups is 1. The molecular formula is C21H20N2OS2. The number of fused-ring (bicyclic) bond motifs is 3. The lowest BCUT2D eigenvalue weighted by atomic mass is 9.92. The maximum Gasteiger partial charge on any atom is 0.169 e. The van der Waals surface area contributed by atoms with Crippen LogP contribution in [0.4, 0.5) is 0 Å². The van der Waals surface area contributed by atoms with E-state index in [-0.39, 0.29) is 5.25 Å². The molecule has 0 aliphatic carbocycles. The molecule has 3 nitrogen and oxygen atoms in total. The van der Waals surface area contributed by atoms with Gasteiger partial charge in [0.2, 0.25) is 0 Å². The van der Waals surface area contributed by atoms with Crippen molar-refractivity contribution in [2.45, 2.75) is 31.6 Å². The van der Waals surface area contributed by atoms with Crippen molar-refractivity contribution in [3.05, 3.63) is 47.5 Å². The maximum absolute atomic E-state index is 12.5. The number of benzene rings is 2. The number of nitrogens with one attached hydrogen (secondary N) is 2. The lowest BCUT2D eigenvalue weighted by molar-refractivity contribution is 0.458. The molecule has 1 aliphatic heterocycles. The van der Waals surface area contributed by atoms with Crippen LogP contribution in [0.15, 0.2) is 36.4 Å². The minimum absolute atomic E-state index is 0.232. The molecule has 1 fully saturated rings. The van der Waals surface area contributed by atoms with E-state index in [1.165, 1.54) is 20.2 Å². The third-order valence-electron chi connectivity index (χ3n) is 5.02. The Balaban J connectivity index is 1.86. The van der Waals surface area contributed by atoms with Crippen molar-refractivity contribution in [1.29, 1.82) is 5.41 Å². The van der Waals surface area contributed by atoms with Crippen molar-refractivity contribution in [2.24, 2.45) is 0 Å². The van der Waals surface area contributed by atoms with Crippen molar-refractivity contribution < 1.29 is 4.55 Å². The fourth-order valence-corrected chi connectivity index (χ4v) is 5.92. The van der Waals surface area contributed by atoms with Gasteiger partial charge in [-0.05, 0) is 67.8 Å². The molecule has 132 valence electrons. The van der Waals surface area contributed by atoms with Crippen molar-refractivity contribution in [1.82, 2.24) is 5.32 Å². The van der Waals surface area contributed by atoms with Crippen LogP contribution in [0.1, 0.15) is 31.9 Å². The quantitative estimate of drug-likeness (QED) is 0.487. The van der Waals surface area contributed by atoms with Crippen molar-refractivity contribution >= 4 is 48.5 Å². The third kappa shape index (κ3) is 2.79. The average Bonchev–Trinajstić information content (AvgIpc) is 2.97. The molecule has 1 aliphatic rings. The summed E-state index contributed by atoms with van der Waals surface area (Å²) < 4.78 is 14.9. The van der Waals surface area contributed by atoms with Crippen LogP contribution >= 0.6 is 11.3 Å². The average molecular weight is 381 g/mol. The molecule has 3 aromatic rings. The van der Waals surface area contributed by atoms with E-state index < -0.39 is 16.7 Å². The van der Waals surface area contributed by atoms with E-state index in [2.05, 4.69) is 53.6 Å². The summed E-state index contributed by atoms with van der Waals surface area (Å²) in [5.74, 6) is 6.95. The summed E-state index contributed by atoms with van der Waals surface area (Å²) in [6.07, 6.45) is 0. The molecule has 4 rings (SSSR count). The summed E-state index contributed by atoms with van der Waals surface area (Å²) in [6, 6.07) is 12.8. The molecule has 26 heavy (non-hydrogen) atoms. The second-order valence-corrected chi connectivity index (χ2v) is 9.78. The zero-order chi connectivity index (χ0) is 18.5. The molecule has 2 aromatic carbocycles. The van der Waals surface area contributed by atoms with E-state index in [0.29, 0.717) is 11.6 Å². The van der Waals surface area contributed by atoms with Gasteiger partial charge in [-0.3, -0.25) is 5.41 Å². The van der Waals surface area contributed by atoms with Gasteiger partial charge in [-0.2, -0.15) is 0 Å². The van der Waals surface area contributed by atoms with Crippen LogP contribution in [0.5, 0.6) is 0 Å². The maximum atomic E-state index is 12.5. The first-order valence-corrected chi connectivity index (χ1v) is 10.7. The van der Waals surface area contributed by atoms with Gasteiger partial charge in [0, 0.05) is 25.7 Å². The highest BCUT2D eigenvalue weighted by Gasteiger charge is 2.42. The van der Waals surface area contributed by atoms with E-state index >= 15 is 0 Å². The van der Waals surface area contributed by atoms with Gasteiger partial charge in [0.05, 0.1) is 0 Å². The lowest BCUT2D eigenvalue weighted by Crippen LogP contribution is -2.58. The Labute approximate surface area is 160 Å². The first-order chi connectivity index (χ1) is 12.4. The SMILES string of the molecule is CC#Cc1ccc2sc3ccc([C@]4(C)C[S+]([O-])[C@@H](C)C(=N)N4)cc3c2c1. The first-order valence-electron chi connectivity index (χ1n) is 8.54. The van der Waals surface area contributed by atoms with Crippen molar-refractivity contribution in [3.63, 3.8) is 0 Å². The van der Waals surface area contributed by atoms with E-state index in [0.717, 1.165) is 11.1 Å². The predicted molar refractivity (Wildman–Crippen MR) is 113 cm³/mol. The highest BCUT2D eigenvalue weighted by atomic mass is 32.2. The van der Waals surface area contributed by atoms with Crippen LogP contribution < -0.4 is 5.32 Å². The van der Waals surface area contributed by atoms with Crippen LogP contribution in [-0.4, -0.2) is 21.4 Å². The molecule has 1 aromatic heterocycles. The Morgan fingerprint density at radius 3 is 2.62 bits per heavy atom. The lowest BCUT2D eigenvalue weighted by Gasteiger charge is -2.39. The predicted octanol–water partition coefficient (Wildman–Crippen LogP) is 4.36. The van der Waals surface area contributed by atoms with Crippen LogP contribution in [0, 0.1) is 17.3 Å². The first kappa shape index (κ1) is 17.4. The Kier molecular flexibility index (Phi) is 4.23. The van der Waals surface area contributed by atoms with Crippen molar-refractivity contribution in [3.8, 4) is 11.8 Å². The molecule has 1 unspecified atom stereocenters. The number of hydrogen-bond donors (Lipinski definition) is 2. The monoisotopic (exact) mass is 380 g/mol. The molecule has 2 heterocycles. The fourth-order valence-electron chi connectivity index (χ4n) is 3.47. The molecular weight excluding hydrogens is 360 g/mol. The minimum Gasteiger partial charge on any atom is -0.616 e. The third-order valence-corrected chi connectivity index (χ3v) is 8.06. The Hall–Kier alpha value is -2.00. The van der Waals surface area contributed by atoms with Gasteiger partial charge >= 0.3 is 0 Å². The summed E-state index contributed by atoms with van der Waals surface area (Å²) in [5, 5.41) is 13.6. The number of thiophene rings is 1. The molecule has 0 spiro atoms. The molecule has 0 amide bonds. The normalized spacial score (nSPS) is 25.8. The van der Waals surface area contributed by atoms with Crippen LogP contribution in [-0.2, 0) is 16.7 Å². The zero-order valence-electron chi connectivity index (χ0n) is 15.0. The van der Waals surface area contributed by atoms with Crippen LogP contribution in [0.25, 0.3) is 20.2 Å². The summed E-state index contributed by atoms with van der Waals surface area (Å²) >= 11 is 0.728. The van der Waals surface area contributed by atoms with Gasteiger partial charge in [0.25, 0.3) is 0 Å². The van der Waals surface area contributed by atoms with Crippen LogP contribution in [0.3, 0.4) is 0 Å². The zero-order valence-corrected chi connectivity index (χ0v) is 16.6. The highest BCUT2D eigenvalue weighted by molar-refractivity contribution is 7.92. The standard InChI is InChI=1S/C21H20N2OS2/c1-4-5-14-6-8-18-16(10-14)17-11-15(7-9-19(17)25-18)21(3)12-26(24)13(2)20(22)23-21/h6-11,13H,12H2,1-3H3,(H2,22,23)/t13-,21-,26?/m0/s1. The van der Waals surface area contributed by atoms with Crippen molar-refractivity contribution in [2.75, 3.05) is 5.75 Å². The van der Waals surface area contributed by atoms with E-state index in [1.807, 2.05) is 20.8 Å². The highest BCUT2D eigenvalue weighted by Crippen LogP contribution is 2.38. The van der Waals surface area contributed by atoms with Gasteiger partial charge in [0.15, 0.2) is 5.25 Å². The largest absolute Gasteiger partial charge is 0.616 e. The summed E-state index contributed by atoms with van der Waals surface area (Å²) in [7, 11) is 0. The van der Waals surface area contributed by atoms with Gasteiger partial charge in [-0.25, -0.2) is 0 Å². The smallest absolute Gasteiger partial charge is 0.169 e. The van der Waals surface area contributed by atoms with E-state index in [4.69, 9.17) is 5.41 Å². The van der Waals surface area contributed by atoms with Gasteiger partial charge in [-0.15, -0.1) is 17.3 Å². The van der Waals surface area contributed by atoms with Gasteiger partial charge in [0.1, 0.15) is 17.1 Å². The van der Waals surface area contributed by atoms with Gasteiger partial charge < -0.3 is 9.87 Å². The Bertz CT molecular complexity index is 1090. The van der Waals surface area contributed by atoms with Gasteiger partial charge in [-0.1, -0.05) is 12.0 Å². The van der Waals surface area contributed by atoms with E-state index in [1.54, 1.807) is 11.3 Å². The van der Waals surface area contributed by atoms with Crippen LogP contribution in [0.2, 0.25) is 0 Å². The summed E-state index contributed by atoms with van der Waals surface area (Å²) in [4.78, 5) is 0. The topological polar surface area (TPSA) is 58.9 Å². The molecule has 0 radical (unpaired) electrons. The number of rotatable bonds is 1. The molecule has 5 heteroatoms. The Morgan fingerprint density at radius 1 is 1.23 bits per heavy atom.